The molecular formula is C38H53N3O8. The van der Waals surface area contributed by atoms with Crippen molar-refractivity contribution >= 4 is 28.7 Å². The zero-order chi connectivity index (χ0) is 34.7. The van der Waals surface area contributed by atoms with Crippen LogP contribution >= 0.6 is 0 Å². The van der Waals surface area contributed by atoms with Gasteiger partial charge in [-0.25, -0.2) is 9.78 Å². The van der Waals surface area contributed by atoms with Crippen LogP contribution in [0, 0.1) is 17.3 Å². The maximum Gasteiger partial charge on any atom is 0.326 e. The molecule has 0 radical (unpaired) electrons. The molecule has 11 heteroatoms. The Morgan fingerprint density at radius 3 is 2.59 bits per heavy atom. The monoisotopic (exact) mass is 679 g/mol. The molecule has 4 aliphatic rings. The van der Waals surface area contributed by atoms with Crippen molar-refractivity contribution in [2.45, 2.75) is 110 Å². The van der Waals surface area contributed by atoms with Crippen LogP contribution in [0.1, 0.15) is 90.5 Å². The number of carboxylic acids is 1. The predicted octanol–water partition coefficient (Wildman–Crippen LogP) is 5.64. The van der Waals surface area contributed by atoms with Gasteiger partial charge in [0.1, 0.15) is 35.3 Å². The van der Waals surface area contributed by atoms with Gasteiger partial charge < -0.3 is 33.9 Å². The van der Waals surface area contributed by atoms with Crippen LogP contribution in [0.15, 0.2) is 18.2 Å². The molecule has 6 rings (SSSR count). The van der Waals surface area contributed by atoms with Crippen LogP contribution in [0.25, 0.3) is 10.9 Å². The molecule has 1 aliphatic carbocycles. The number of pyridine rings is 1. The van der Waals surface area contributed by atoms with Crippen molar-refractivity contribution in [3.8, 4) is 17.4 Å². The molecule has 1 aromatic heterocycles. The van der Waals surface area contributed by atoms with Crippen molar-refractivity contribution in [2.75, 3.05) is 39.9 Å². The first-order valence-electron chi connectivity index (χ1n) is 18.3. The van der Waals surface area contributed by atoms with Gasteiger partial charge in [-0.2, -0.15) is 0 Å². The average molecular weight is 680 g/mol. The number of aliphatic carboxylic acids is 1. The summed E-state index contributed by atoms with van der Waals surface area (Å²) < 4.78 is 24.8. The lowest BCUT2D eigenvalue weighted by Crippen LogP contribution is -2.47. The van der Waals surface area contributed by atoms with Gasteiger partial charge in [-0.3, -0.25) is 9.59 Å². The Kier molecular flexibility index (Phi) is 10.9. The first kappa shape index (κ1) is 35.2. The van der Waals surface area contributed by atoms with Crippen molar-refractivity contribution in [3.63, 3.8) is 0 Å². The number of rotatable bonds is 7. The van der Waals surface area contributed by atoms with Crippen molar-refractivity contribution in [3.05, 3.63) is 23.8 Å². The molecule has 2 bridgehead atoms. The van der Waals surface area contributed by atoms with E-state index in [4.69, 9.17) is 23.9 Å². The molecule has 0 spiro atoms. The van der Waals surface area contributed by atoms with E-state index < -0.39 is 35.4 Å². The number of likely N-dealkylation sites (tertiary alicyclic amines) is 1. The largest absolute Gasteiger partial charge is 0.494 e. The second kappa shape index (κ2) is 15.1. The number of esters is 1. The van der Waals surface area contributed by atoms with Crippen molar-refractivity contribution in [2.24, 2.45) is 17.3 Å². The summed E-state index contributed by atoms with van der Waals surface area (Å²) in [7, 11) is 1.61. The number of nitrogens with zero attached hydrogens (tertiary/aromatic N) is 3. The molecule has 5 atom stereocenters. The minimum atomic E-state index is -1.10. The molecule has 4 heterocycles. The minimum Gasteiger partial charge on any atom is -0.494 e. The van der Waals surface area contributed by atoms with E-state index in [1.165, 1.54) is 17.7 Å². The van der Waals surface area contributed by atoms with E-state index in [-0.39, 0.29) is 31.4 Å². The van der Waals surface area contributed by atoms with Gasteiger partial charge in [0.25, 0.3) is 0 Å². The number of ether oxygens (including phenoxy) is 4. The summed E-state index contributed by atoms with van der Waals surface area (Å²) in [6.45, 7) is 9.58. The number of aromatic nitrogens is 1. The predicted molar refractivity (Wildman–Crippen MR) is 184 cm³/mol. The topological polar surface area (TPSA) is 128 Å². The Morgan fingerprint density at radius 1 is 1.06 bits per heavy atom. The molecule has 2 aromatic rings. The zero-order valence-electron chi connectivity index (χ0n) is 29.6. The number of para-hydroxylation sites is 1. The van der Waals surface area contributed by atoms with Gasteiger partial charge in [0.05, 0.1) is 38.2 Å². The standard InChI is InChI=1S/C38H53N3O8/c1-38(2,3)28-22-32(42)49-31-20-24(31)12-6-5-7-13-27-34(47-19-11-18-40-16-8-9-17-40)26-14-10-15-30(46-4)33(26)39-35(27)48-25-21-29(37(44)45)41(23-25)36(28)43/h10,14-15,24-25,28-29,31H,5-9,11-13,16-23H2,1-4H3,(H,44,45)/t24-,25-,28-,29+,31-/m1/s1. The molecule has 1 aromatic carbocycles. The summed E-state index contributed by atoms with van der Waals surface area (Å²) in [6.07, 6.45) is 8.05. The van der Waals surface area contributed by atoms with Crippen LogP contribution in [-0.2, 0) is 25.5 Å². The summed E-state index contributed by atoms with van der Waals surface area (Å²) in [6, 6.07) is 4.72. The van der Waals surface area contributed by atoms with Gasteiger partial charge >= 0.3 is 11.9 Å². The summed E-state index contributed by atoms with van der Waals surface area (Å²) in [5.74, 6) is -0.541. The second-order valence-corrected chi connectivity index (χ2v) is 15.4. The number of carboxylic acid groups (broad SMARTS) is 1. The van der Waals surface area contributed by atoms with Crippen LogP contribution in [-0.4, -0.2) is 95.9 Å². The Morgan fingerprint density at radius 2 is 1.86 bits per heavy atom. The fraction of sp³-hybridized carbons (Fsp3) is 0.684. The molecule has 0 unspecified atom stereocenters. The van der Waals surface area contributed by atoms with E-state index in [0.717, 1.165) is 74.9 Å². The molecule has 268 valence electrons. The van der Waals surface area contributed by atoms with Crippen molar-refractivity contribution in [1.29, 1.82) is 0 Å². The van der Waals surface area contributed by atoms with Crippen LogP contribution in [0.4, 0.5) is 0 Å². The third kappa shape index (κ3) is 8.24. The molecule has 3 fully saturated rings. The van der Waals surface area contributed by atoms with Crippen molar-refractivity contribution in [1.82, 2.24) is 14.8 Å². The number of amides is 1. The fourth-order valence-electron chi connectivity index (χ4n) is 7.78. The van der Waals surface area contributed by atoms with Gasteiger partial charge in [0, 0.05) is 18.4 Å². The first-order chi connectivity index (χ1) is 23.5. The highest BCUT2D eigenvalue weighted by atomic mass is 16.5. The second-order valence-electron chi connectivity index (χ2n) is 15.4. The number of methoxy groups -OCH3 is 1. The lowest BCUT2D eigenvalue weighted by Gasteiger charge is -2.33. The van der Waals surface area contributed by atoms with E-state index >= 15 is 0 Å². The van der Waals surface area contributed by atoms with Crippen LogP contribution in [0.5, 0.6) is 17.4 Å². The maximum atomic E-state index is 14.1. The normalized spacial score (nSPS) is 27.0. The van der Waals surface area contributed by atoms with Gasteiger partial charge in [-0.15, -0.1) is 0 Å². The molecule has 49 heavy (non-hydrogen) atoms. The summed E-state index contributed by atoms with van der Waals surface area (Å²) in [5, 5.41) is 11.1. The van der Waals surface area contributed by atoms with E-state index in [0.29, 0.717) is 36.1 Å². The van der Waals surface area contributed by atoms with E-state index in [9.17, 15) is 19.5 Å². The summed E-state index contributed by atoms with van der Waals surface area (Å²) in [5.41, 5.74) is 0.893. The van der Waals surface area contributed by atoms with E-state index in [2.05, 4.69) is 4.90 Å². The maximum absolute atomic E-state index is 14.1. The first-order valence-corrected chi connectivity index (χ1v) is 18.3. The summed E-state index contributed by atoms with van der Waals surface area (Å²) >= 11 is 0. The number of benzene rings is 1. The molecule has 1 N–H and O–H groups in total. The third-order valence-corrected chi connectivity index (χ3v) is 10.7. The number of fused-ring (bicyclic) bond motifs is 5. The number of carbonyl (C=O) groups excluding carboxylic acids is 2. The van der Waals surface area contributed by atoms with Crippen LogP contribution in [0.2, 0.25) is 0 Å². The molecule has 3 aliphatic heterocycles. The van der Waals surface area contributed by atoms with E-state index in [1.54, 1.807) is 7.11 Å². The third-order valence-electron chi connectivity index (χ3n) is 10.7. The lowest BCUT2D eigenvalue weighted by atomic mass is 9.77. The van der Waals surface area contributed by atoms with Crippen molar-refractivity contribution < 1.29 is 38.4 Å². The summed E-state index contributed by atoms with van der Waals surface area (Å²) in [4.78, 5) is 48.6. The molecule has 1 saturated carbocycles. The molecule has 2 saturated heterocycles. The number of carbonyl (C=O) groups is 3. The Labute approximate surface area is 289 Å². The molecule has 11 nitrogen and oxygen atoms in total. The zero-order valence-corrected chi connectivity index (χ0v) is 29.6. The Balaban J connectivity index is 1.35. The fourth-order valence-corrected chi connectivity index (χ4v) is 7.78. The van der Waals surface area contributed by atoms with E-state index in [1.807, 2.05) is 39.0 Å². The van der Waals surface area contributed by atoms with Crippen LogP contribution in [0.3, 0.4) is 0 Å². The highest BCUT2D eigenvalue weighted by Gasteiger charge is 2.47. The SMILES string of the molecule is COc1cccc2c(OCCCN3CCCC3)c3c(nc12)O[C@@H]1C[C@@H](C(=O)O)N(C1)C(=O)[C@H](C(C)(C)C)CC(=O)O[C@@H]1C[C@H]1CCCCC3. The van der Waals surface area contributed by atoms with Gasteiger partial charge in [-0.05, 0) is 81.5 Å². The number of hydrogen-bond acceptors (Lipinski definition) is 9. The smallest absolute Gasteiger partial charge is 0.326 e. The van der Waals surface area contributed by atoms with Gasteiger partial charge in [-0.1, -0.05) is 39.7 Å². The quantitative estimate of drug-likeness (QED) is 0.290. The van der Waals surface area contributed by atoms with Gasteiger partial charge in [0.2, 0.25) is 11.8 Å². The average Bonchev–Trinajstić information content (AvgIpc) is 3.39. The highest BCUT2D eigenvalue weighted by Crippen LogP contribution is 2.43. The minimum absolute atomic E-state index is 0.0687. The lowest BCUT2D eigenvalue weighted by molar-refractivity contribution is -0.156. The molecule has 1 amide bonds. The highest BCUT2D eigenvalue weighted by molar-refractivity contribution is 5.92. The number of hydrogen-bond donors (Lipinski definition) is 1. The Hall–Kier alpha value is -3.60. The Bertz CT molecular complexity index is 1520. The van der Waals surface area contributed by atoms with Crippen LogP contribution < -0.4 is 14.2 Å². The molecular weight excluding hydrogens is 626 g/mol. The van der Waals surface area contributed by atoms with Gasteiger partial charge in [0.15, 0.2) is 0 Å².